The number of aromatic nitrogens is 3. The van der Waals surface area contributed by atoms with Crippen LogP contribution in [-0.4, -0.2) is 14.8 Å². The van der Waals surface area contributed by atoms with Gasteiger partial charge >= 0.3 is 0 Å². The highest BCUT2D eigenvalue weighted by Crippen LogP contribution is 2.27. The topological polar surface area (TPSA) is 56.7 Å². The van der Waals surface area contributed by atoms with E-state index in [1.807, 2.05) is 11.6 Å². The second-order valence-electron chi connectivity index (χ2n) is 4.84. The van der Waals surface area contributed by atoms with Crippen LogP contribution < -0.4 is 5.73 Å². The zero-order valence-electron chi connectivity index (χ0n) is 10.2. The minimum atomic E-state index is 0.479. The molecule has 1 fully saturated rings. The molecule has 1 aliphatic rings. The van der Waals surface area contributed by atoms with Gasteiger partial charge in [-0.3, -0.25) is 0 Å². The van der Waals surface area contributed by atoms with Crippen molar-refractivity contribution in [2.45, 2.75) is 51.5 Å². The number of rotatable bonds is 4. The van der Waals surface area contributed by atoms with Crippen LogP contribution in [0, 0.1) is 5.92 Å². The van der Waals surface area contributed by atoms with Crippen molar-refractivity contribution in [3.8, 4) is 0 Å². The van der Waals surface area contributed by atoms with Gasteiger partial charge < -0.3 is 10.3 Å². The summed E-state index contributed by atoms with van der Waals surface area (Å²) < 4.78 is 2.04. The van der Waals surface area contributed by atoms with Crippen molar-refractivity contribution in [2.24, 2.45) is 18.7 Å². The summed E-state index contributed by atoms with van der Waals surface area (Å²) in [6.45, 7) is 0.479. The molecule has 1 aromatic rings. The molecule has 0 amide bonds. The van der Waals surface area contributed by atoms with E-state index in [1.165, 1.54) is 38.5 Å². The van der Waals surface area contributed by atoms with Gasteiger partial charge in [-0.05, 0) is 12.3 Å². The molecule has 1 aliphatic carbocycles. The Hall–Kier alpha value is -0.900. The molecule has 0 saturated heterocycles. The maximum atomic E-state index is 5.58. The molecule has 90 valence electrons. The quantitative estimate of drug-likeness (QED) is 0.845. The minimum absolute atomic E-state index is 0.479. The maximum absolute atomic E-state index is 5.58. The Morgan fingerprint density at radius 3 is 2.50 bits per heavy atom. The minimum Gasteiger partial charge on any atom is -0.324 e. The molecule has 4 heteroatoms. The zero-order valence-corrected chi connectivity index (χ0v) is 10.2. The summed E-state index contributed by atoms with van der Waals surface area (Å²) in [7, 11) is 2.01. The first-order valence-electron chi connectivity index (χ1n) is 6.38. The number of hydrogen-bond acceptors (Lipinski definition) is 3. The fourth-order valence-electron chi connectivity index (χ4n) is 2.60. The molecular formula is C12H22N4. The Morgan fingerprint density at radius 1 is 1.19 bits per heavy atom. The molecule has 1 saturated carbocycles. The zero-order chi connectivity index (χ0) is 11.4. The van der Waals surface area contributed by atoms with Crippen LogP contribution in [-0.2, 0) is 20.0 Å². The highest BCUT2D eigenvalue weighted by molar-refractivity contribution is 4.94. The average molecular weight is 222 g/mol. The number of nitrogens with two attached hydrogens (primary N) is 1. The van der Waals surface area contributed by atoms with E-state index in [2.05, 4.69) is 10.2 Å². The first kappa shape index (κ1) is 11.6. The molecule has 1 heterocycles. The summed E-state index contributed by atoms with van der Waals surface area (Å²) >= 11 is 0. The molecule has 0 spiro atoms. The normalized spacial score (nSPS) is 17.9. The lowest BCUT2D eigenvalue weighted by Gasteiger charge is -2.20. The fraction of sp³-hybridized carbons (Fsp3) is 0.833. The van der Waals surface area contributed by atoms with Gasteiger partial charge in [0.1, 0.15) is 11.6 Å². The van der Waals surface area contributed by atoms with Gasteiger partial charge in [0.15, 0.2) is 0 Å². The van der Waals surface area contributed by atoms with Crippen molar-refractivity contribution in [3.05, 3.63) is 11.6 Å². The highest BCUT2D eigenvalue weighted by Gasteiger charge is 2.15. The SMILES string of the molecule is Cn1c(CN)nnc1CCC1CCCCC1. The van der Waals surface area contributed by atoms with Gasteiger partial charge in [-0.25, -0.2) is 0 Å². The molecule has 0 unspecified atom stereocenters. The summed E-state index contributed by atoms with van der Waals surface area (Å²) in [6, 6.07) is 0. The molecule has 0 bridgehead atoms. The maximum Gasteiger partial charge on any atom is 0.146 e. The number of hydrogen-bond donors (Lipinski definition) is 1. The van der Waals surface area contributed by atoms with Crippen LogP contribution in [0.2, 0.25) is 0 Å². The van der Waals surface area contributed by atoms with E-state index < -0.39 is 0 Å². The van der Waals surface area contributed by atoms with Gasteiger partial charge in [-0.15, -0.1) is 10.2 Å². The standard InChI is InChI=1S/C12H22N4/c1-16-11(14-15-12(16)9-13)8-7-10-5-3-2-4-6-10/h10H,2-9,13H2,1H3. The largest absolute Gasteiger partial charge is 0.324 e. The van der Waals surface area contributed by atoms with Gasteiger partial charge in [0.05, 0.1) is 6.54 Å². The third-order valence-electron chi connectivity index (χ3n) is 3.74. The van der Waals surface area contributed by atoms with E-state index in [9.17, 15) is 0 Å². The summed E-state index contributed by atoms with van der Waals surface area (Å²) in [5, 5.41) is 8.29. The summed E-state index contributed by atoms with van der Waals surface area (Å²) in [5.74, 6) is 2.89. The molecule has 0 atom stereocenters. The lowest BCUT2D eigenvalue weighted by atomic mass is 9.86. The predicted molar refractivity (Wildman–Crippen MR) is 63.8 cm³/mol. The molecule has 1 aromatic heterocycles. The molecule has 4 nitrogen and oxygen atoms in total. The third-order valence-corrected chi connectivity index (χ3v) is 3.74. The Kier molecular flexibility index (Phi) is 3.93. The second-order valence-corrected chi connectivity index (χ2v) is 4.84. The number of aryl methyl sites for hydroxylation is 1. The van der Waals surface area contributed by atoms with Crippen LogP contribution in [0.25, 0.3) is 0 Å². The number of nitrogens with zero attached hydrogens (tertiary/aromatic N) is 3. The summed E-state index contributed by atoms with van der Waals surface area (Å²) in [5.41, 5.74) is 5.58. The first-order chi connectivity index (χ1) is 7.81. The van der Waals surface area contributed by atoms with Crippen LogP contribution in [0.3, 0.4) is 0 Å². The van der Waals surface area contributed by atoms with E-state index in [0.29, 0.717) is 6.54 Å². The van der Waals surface area contributed by atoms with Gasteiger partial charge in [0.25, 0.3) is 0 Å². The van der Waals surface area contributed by atoms with Gasteiger partial charge in [-0.1, -0.05) is 32.1 Å². The molecule has 2 N–H and O–H groups in total. The van der Waals surface area contributed by atoms with Crippen LogP contribution >= 0.6 is 0 Å². The Balaban J connectivity index is 1.86. The molecule has 0 aromatic carbocycles. The third kappa shape index (κ3) is 2.61. The monoisotopic (exact) mass is 222 g/mol. The van der Waals surface area contributed by atoms with E-state index in [-0.39, 0.29) is 0 Å². The Bertz CT molecular complexity index is 326. The highest BCUT2D eigenvalue weighted by atomic mass is 15.3. The van der Waals surface area contributed by atoms with Crippen LogP contribution in [0.1, 0.15) is 50.2 Å². The van der Waals surface area contributed by atoms with Crippen LogP contribution in [0.5, 0.6) is 0 Å². The van der Waals surface area contributed by atoms with Crippen LogP contribution in [0.15, 0.2) is 0 Å². The van der Waals surface area contributed by atoms with Crippen molar-refractivity contribution in [2.75, 3.05) is 0 Å². The van der Waals surface area contributed by atoms with Crippen molar-refractivity contribution in [3.63, 3.8) is 0 Å². The Morgan fingerprint density at radius 2 is 1.88 bits per heavy atom. The first-order valence-corrected chi connectivity index (χ1v) is 6.38. The smallest absolute Gasteiger partial charge is 0.146 e. The molecular weight excluding hydrogens is 200 g/mol. The van der Waals surface area contributed by atoms with Crippen molar-refractivity contribution in [1.82, 2.24) is 14.8 Å². The molecule has 0 radical (unpaired) electrons. The molecule has 16 heavy (non-hydrogen) atoms. The fourth-order valence-corrected chi connectivity index (χ4v) is 2.60. The van der Waals surface area contributed by atoms with Crippen molar-refractivity contribution in [1.29, 1.82) is 0 Å². The van der Waals surface area contributed by atoms with Gasteiger partial charge in [0.2, 0.25) is 0 Å². The van der Waals surface area contributed by atoms with E-state index in [4.69, 9.17) is 5.73 Å². The lowest BCUT2D eigenvalue weighted by Crippen LogP contribution is -2.10. The molecule has 0 aliphatic heterocycles. The van der Waals surface area contributed by atoms with E-state index in [0.717, 1.165) is 24.0 Å². The average Bonchev–Trinajstić information content (AvgIpc) is 2.69. The molecule has 2 rings (SSSR count). The van der Waals surface area contributed by atoms with Gasteiger partial charge in [-0.2, -0.15) is 0 Å². The van der Waals surface area contributed by atoms with Crippen molar-refractivity contribution < 1.29 is 0 Å². The van der Waals surface area contributed by atoms with E-state index in [1.54, 1.807) is 0 Å². The van der Waals surface area contributed by atoms with E-state index >= 15 is 0 Å². The van der Waals surface area contributed by atoms with Crippen molar-refractivity contribution >= 4 is 0 Å². The predicted octanol–water partition coefficient (Wildman–Crippen LogP) is 1.79. The summed E-state index contributed by atoms with van der Waals surface area (Å²) in [4.78, 5) is 0. The van der Waals surface area contributed by atoms with Crippen LogP contribution in [0.4, 0.5) is 0 Å². The Labute approximate surface area is 97.2 Å². The second kappa shape index (κ2) is 5.43. The lowest BCUT2D eigenvalue weighted by molar-refractivity contribution is 0.336. The summed E-state index contributed by atoms with van der Waals surface area (Å²) in [6.07, 6.45) is 9.38. The van der Waals surface area contributed by atoms with Gasteiger partial charge in [0, 0.05) is 13.5 Å².